The first-order valence-corrected chi connectivity index (χ1v) is 6.17. The van der Waals surface area contributed by atoms with Gasteiger partial charge in [-0.15, -0.1) is 5.10 Å². The summed E-state index contributed by atoms with van der Waals surface area (Å²) in [5, 5.41) is 20.0. The first-order chi connectivity index (χ1) is 7.68. The summed E-state index contributed by atoms with van der Waals surface area (Å²) in [5.74, 6) is 0.788. The van der Waals surface area contributed by atoms with E-state index in [2.05, 4.69) is 15.5 Å². The minimum absolute atomic E-state index is 0.368. The molecule has 0 bridgehead atoms. The van der Waals surface area contributed by atoms with Crippen LogP contribution in [0.1, 0.15) is 24.7 Å². The smallest absolute Gasteiger partial charge is 0.321 e. The molecule has 0 radical (unpaired) electrons. The Kier molecular flexibility index (Phi) is 3.39. The van der Waals surface area contributed by atoms with E-state index in [4.69, 9.17) is 10.8 Å². The van der Waals surface area contributed by atoms with Crippen molar-refractivity contribution in [1.29, 1.82) is 0 Å². The molecule has 1 atom stereocenters. The summed E-state index contributed by atoms with van der Waals surface area (Å²) in [5.41, 5.74) is 5.39. The van der Waals surface area contributed by atoms with Gasteiger partial charge in [0.15, 0.2) is 5.82 Å². The predicted octanol–water partition coefficient (Wildman–Crippen LogP) is -0.347. The lowest BCUT2D eigenvalue weighted by molar-refractivity contribution is -0.137. The van der Waals surface area contributed by atoms with E-state index in [1.165, 1.54) is 11.8 Å². The van der Waals surface area contributed by atoms with Gasteiger partial charge in [0, 0.05) is 5.75 Å². The van der Waals surface area contributed by atoms with Gasteiger partial charge in [-0.1, -0.05) is 0 Å². The van der Waals surface area contributed by atoms with Crippen LogP contribution in [0.25, 0.3) is 0 Å². The Balaban J connectivity index is 1.80. The summed E-state index contributed by atoms with van der Waals surface area (Å²) >= 11 is 1.44. The molecule has 1 fully saturated rings. The van der Waals surface area contributed by atoms with Gasteiger partial charge >= 0.3 is 5.97 Å². The number of carboxylic acid groups (broad SMARTS) is 1. The third-order valence-corrected chi connectivity index (χ3v) is 3.36. The van der Waals surface area contributed by atoms with E-state index in [0.717, 1.165) is 18.7 Å². The molecule has 1 aromatic rings. The summed E-state index contributed by atoms with van der Waals surface area (Å²) in [6.45, 7) is 0. The van der Waals surface area contributed by atoms with Crippen molar-refractivity contribution in [2.24, 2.45) is 5.73 Å². The average molecular weight is 243 g/mol. The lowest BCUT2D eigenvalue weighted by Crippen LogP contribution is -2.32. The molecule has 1 saturated carbocycles. The van der Waals surface area contributed by atoms with Crippen LogP contribution < -0.4 is 5.73 Å². The van der Waals surface area contributed by atoms with Crippen molar-refractivity contribution >= 4 is 17.7 Å². The van der Waals surface area contributed by atoms with Gasteiger partial charge in [0.25, 0.3) is 0 Å². The van der Waals surface area contributed by atoms with Crippen molar-refractivity contribution in [3.05, 3.63) is 5.82 Å². The minimum Gasteiger partial charge on any atom is -0.480 e. The molecule has 88 valence electrons. The van der Waals surface area contributed by atoms with E-state index in [-0.39, 0.29) is 0 Å². The second-order valence-electron chi connectivity index (χ2n) is 3.73. The van der Waals surface area contributed by atoms with E-state index < -0.39 is 12.0 Å². The highest BCUT2D eigenvalue weighted by Crippen LogP contribution is 2.34. The molecule has 1 heterocycles. The zero-order valence-electron chi connectivity index (χ0n) is 8.61. The van der Waals surface area contributed by atoms with Crippen LogP contribution >= 0.6 is 11.8 Å². The van der Waals surface area contributed by atoms with Crippen LogP contribution in [0.4, 0.5) is 0 Å². The SMILES string of the molecule is N[C@H](CSCc1nnnn1C1CC1)C(=O)O. The molecule has 1 aliphatic carbocycles. The Morgan fingerprint density at radius 1 is 1.69 bits per heavy atom. The van der Waals surface area contributed by atoms with Crippen LogP contribution in [0.15, 0.2) is 0 Å². The monoisotopic (exact) mass is 243 g/mol. The van der Waals surface area contributed by atoms with E-state index in [1.54, 1.807) is 0 Å². The van der Waals surface area contributed by atoms with E-state index in [1.807, 2.05) is 4.68 Å². The van der Waals surface area contributed by atoms with E-state index >= 15 is 0 Å². The molecular weight excluding hydrogens is 230 g/mol. The highest BCUT2D eigenvalue weighted by atomic mass is 32.2. The standard InChI is InChI=1S/C8H13N5O2S/c9-6(8(14)15)3-16-4-7-10-11-12-13(7)5-1-2-5/h5-6H,1-4,9H2,(H,14,15)/t6-/m1/s1. The molecule has 8 heteroatoms. The summed E-state index contributed by atoms with van der Waals surface area (Å²) in [7, 11) is 0. The van der Waals surface area contributed by atoms with Gasteiger partial charge in [-0.25, -0.2) is 4.68 Å². The largest absolute Gasteiger partial charge is 0.480 e. The fourth-order valence-corrected chi connectivity index (χ4v) is 2.15. The number of tetrazole rings is 1. The normalized spacial score (nSPS) is 17.3. The molecule has 0 aliphatic heterocycles. The maximum Gasteiger partial charge on any atom is 0.321 e. The Bertz CT molecular complexity index is 378. The molecule has 0 unspecified atom stereocenters. The summed E-state index contributed by atoms with van der Waals surface area (Å²) in [6, 6.07) is -0.381. The van der Waals surface area contributed by atoms with Crippen LogP contribution in [0.2, 0.25) is 0 Å². The third-order valence-electron chi connectivity index (χ3n) is 2.30. The molecule has 0 saturated heterocycles. The van der Waals surface area contributed by atoms with Crippen LogP contribution in [-0.4, -0.2) is 43.1 Å². The predicted molar refractivity (Wildman–Crippen MR) is 57.9 cm³/mol. The number of rotatable bonds is 6. The fraction of sp³-hybridized carbons (Fsp3) is 0.750. The maximum atomic E-state index is 10.5. The highest BCUT2D eigenvalue weighted by molar-refractivity contribution is 7.98. The molecule has 3 N–H and O–H groups in total. The number of aromatic nitrogens is 4. The quantitative estimate of drug-likeness (QED) is 0.703. The van der Waals surface area contributed by atoms with Crippen LogP contribution in [0.5, 0.6) is 0 Å². The van der Waals surface area contributed by atoms with E-state index in [9.17, 15) is 4.79 Å². The summed E-state index contributed by atoms with van der Waals surface area (Å²) in [4.78, 5) is 10.5. The van der Waals surface area contributed by atoms with Crippen molar-refractivity contribution < 1.29 is 9.90 Å². The minimum atomic E-state index is -0.978. The van der Waals surface area contributed by atoms with Crippen LogP contribution in [0.3, 0.4) is 0 Å². The Morgan fingerprint density at radius 3 is 3.06 bits per heavy atom. The van der Waals surface area contributed by atoms with Crippen molar-refractivity contribution in [2.75, 3.05) is 5.75 Å². The highest BCUT2D eigenvalue weighted by Gasteiger charge is 2.27. The summed E-state index contributed by atoms with van der Waals surface area (Å²) < 4.78 is 1.82. The molecule has 0 spiro atoms. The number of nitrogens with two attached hydrogens (primary N) is 1. The number of nitrogens with zero attached hydrogens (tertiary/aromatic N) is 4. The average Bonchev–Trinajstić information content (AvgIpc) is 2.99. The molecule has 0 aromatic carbocycles. The van der Waals surface area contributed by atoms with Gasteiger partial charge in [0.1, 0.15) is 6.04 Å². The maximum absolute atomic E-state index is 10.5. The van der Waals surface area contributed by atoms with Crippen molar-refractivity contribution in [3.63, 3.8) is 0 Å². The summed E-state index contributed by atoms with van der Waals surface area (Å²) in [6.07, 6.45) is 2.24. The Hall–Kier alpha value is -1.15. The van der Waals surface area contributed by atoms with Gasteiger partial charge < -0.3 is 10.8 Å². The van der Waals surface area contributed by atoms with Crippen molar-refractivity contribution in [3.8, 4) is 0 Å². The van der Waals surface area contributed by atoms with Gasteiger partial charge in [0.2, 0.25) is 0 Å². The molecule has 0 amide bonds. The molecule has 1 aliphatic rings. The number of carbonyl (C=O) groups is 1. The number of carboxylic acids is 1. The van der Waals surface area contributed by atoms with Crippen molar-refractivity contribution in [2.45, 2.75) is 30.7 Å². The molecule has 16 heavy (non-hydrogen) atoms. The Labute approximate surface area is 96.4 Å². The molecule has 7 nitrogen and oxygen atoms in total. The number of aliphatic carboxylic acids is 1. The molecule has 2 rings (SSSR count). The van der Waals surface area contributed by atoms with Gasteiger partial charge in [-0.3, -0.25) is 4.79 Å². The first kappa shape index (κ1) is 11.3. The number of thioether (sulfide) groups is 1. The van der Waals surface area contributed by atoms with Gasteiger partial charge in [-0.2, -0.15) is 11.8 Å². The zero-order chi connectivity index (χ0) is 11.5. The third kappa shape index (κ3) is 2.70. The topological polar surface area (TPSA) is 107 Å². The number of hydrogen-bond donors (Lipinski definition) is 2. The number of hydrogen-bond acceptors (Lipinski definition) is 6. The lowest BCUT2D eigenvalue weighted by Gasteiger charge is -2.05. The second kappa shape index (κ2) is 4.79. The lowest BCUT2D eigenvalue weighted by atomic mass is 10.4. The Morgan fingerprint density at radius 2 is 2.44 bits per heavy atom. The van der Waals surface area contributed by atoms with Gasteiger partial charge in [0.05, 0.1) is 11.8 Å². The zero-order valence-corrected chi connectivity index (χ0v) is 9.43. The second-order valence-corrected chi connectivity index (χ2v) is 4.76. The van der Waals surface area contributed by atoms with Crippen LogP contribution in [0, 0.1) is 0 Å². The van der Waals surface area contributed by atoms with E-state index in [0.29, 0.717) is 17.5 Å². The van der Waals surface area contributed by atoms with Crippen LogP contribution in [-0.2, 0) is 10.5 Å². The molecular formula is C8H13N5O2S. The van der Waals surface area contributed by atoms with Gasteiger partial charge in [-0.05, 0) is 23.3 Å². The van der Waals surface area contributed by atoms with Crippen molar-refractivity contribution in [1.82, 2.24) is 20.2 Å². The fourth-order valence-electron chi connectivity index (χ4n) is 1.26. The molecule has 1 aromatic heterocycles. The first-order valence-electron chi connectivity index (χ1n) is 5.01.